The van der Waals surface area contributed by atoms with E-state index in [4.69, 9.17) is 9.63 Å². The van der Waals surface area contributed by atoms with Crippen LogP contribution in [0.15, 0.2) is 10.6 Å². The summed E-state index contributed by atoms with van der Waals surface area (Å²) in [6.07, 6.45) is 0. The van der Waals surface area contributed by atoms with Crippen LogP contribution in [0.25, 0.3) is 0 Å². The molecule has 0 amide bonds. The minimum Gasteiger partial charge on any atom is -0.481 e. The van der Waals surface area contributed by atoms with Gasteiger partial charge in [-0.25, -0.2) is 0 Å². The zero-order valence-electron chi connectivity index (χ0n) is 8.44. The van der Waals surface area contributed by atoms with Gasteiger partial charge < -0.3 is 9.63 Å². The molecular formula is C10H13NO3. The zero-order valence-corrected chi connectivity index (χ0v) is 8.44. The molecule has 76 valence electrons. The van der Waals surface area contributed by atoms with Crippen molar-refractivity contribution in [3.05, 3.63) is 17.5 Å². The standard InChI is InChI=1S/C10H13NO3/c1-5-4-6(14-11-5)7-8(9(12)13)10(7,2)3/h4,7-8H,1-3H3,(H,12,13)/t7-,8+/m1/s1. The lowest BCUT2D eigenvalue weighted by Crippen LogP contribution is -2.02. The molecule has 1 heterocycles. The van der Waals surface area contributed by atoms with Crippen molar-refractivity contribution >= 4 is 5.97 Å². The van der Waals surface area contributed by atoms with Crippen LogP contribution in [0.4, 0.5) is 0 Å². The van der Waals surface area contributed by atoms with Crippen LogP contribution in [-0.2, 0) is 4.79 Å². The monoisotopic (exact) mass is 195 g/mol. The molecule has 0 radical (unpaired) electrons. The van der Waals surface area contributed by atoms with Crippen LogP contribution in [0.5, 0.6) is 0 Å². The van der Waals surface area contributed by atoms with Gasteiger partial charge in [0, 0.05) is 12.0 Å². The average Bonchev–Trinajstić information content (AvgIpc) is 2.42. The summed E-state index contributed by atoms with van der Waals surface area (Å²) in [7, 11) is 0. The highest BCUT2D eigenvalue weighted by Crippen LogP contribution is 2.64. The van der Waals surface area contributed by atoms with Gasteiger partial charge in [0.25, 0.3) is 0 Å². The van der Waals surface area contributed by atoms with Gasteiger partial charge in [-0.1, -0.05) is 19.0 Å². The summed E-state index contributed by atoms with van der Waals surface area (Å²) in [5.74, 6) is -0.426. The van der Waals surface area contributed by atoms with Gasteiger partial charge in [0.05, 0.1) is 11.6 Å². The first-order valence-electron chi connectivity index (χ1n) is 4.60. The second-order valence-electron chi connectivity index (χ2n) is 4.49. The lowest BCUT2D eigenvalue weighted by Gasteiger charge is -1.96. The van der Waals surface area contributed by atoms with E-state index in [2.05, 4.69) is 5.16 Å². The largest absolute Gasteiger partial charge is 0.481 e. The molecule has 1 fully saturated rings. The van der Waals surface area contributed by atoms with Gasteiger partial charge in [-0.3, -0.25) is 4.79 Å². The molecule has 0 saturated heterocycles. The van der Waals surface area contributed by atoms with Crippen molar-refractivity contribution in [3.63, 3.8) is 0 Å². The Hall–Kier alpha value is -1.32. The van der Waals surface area contributed by atoms with E-state index in [1.54, 1.807) is 0 Å². The van der Waals surface area contributed by atoms with Crippen LogP contribution < -0.4 is 0 Å². The number of carbonyl (C=O) groups is 1. The number of aliphatic carboxylic acids is 1. The molecule has 1 saturated carbocycles. The zero-order chi connectivity index (χ0) is 10.5. The van der Waals surface area contributed by atoms with Crippen LogP contribution >= 0.6 is 0 Å². The maximum atomic E-state index is 10.9. The Morgan fingerprint density at radius 3 is 2.64 bits per heavy atom. The van der Waals surface area contributed by atoms with E-state index in [0.717, 1.165) is 5.69 Å². The predicted octanol–water partition coefficient (Wildman–Crippen LogP) is 1.81. The Morgan fingerprint density at radius 1 is 1.64 bits per heavy atom. The van der Waals surface area contributed by atoms with Crippen molar-refractivity contribution in [1.29, 1.82) is 0 Å². The lowest BCUT2D eigenvalue weighted by molar-refractivity contribution is -0.139. The maximum absolute atomic E-state index is 10.9. The van der Waals surface area contributed by atoms with Crippen LogP contribution in [0.2, 0.25) is 0 Å². The first-order valence-corrected chi connectivity index (χ1v) is 4.60. The fourth-order valence-electron chi connectivity index (χ4n) is 2.16. The molecule has 1 aromatic heterocycles. The van der Waals surface area contributed by atoms with Crippen molar-refractivity contribution in [1.82, 2.24) is 5.16 Å². The fraction of sp³-hybridized carbons (Fsp3) is 0.600. The molecule has 1 aliphatic carbocycles. The molecule has 0 spiro atoms. The van der Waals surface area contributed by atoms with E-state index in [9.17, 15) is 4.79 Å². The topological polar surface area (TPSA) is 63.3 Å². The Balaban J connectivity index is 2.27. The summed E-state index contributed by atoms with van der Waals surface area (Å²) in [5.41, 5.74) is 0.587. The van der Waals surface area contributed by atoms with Gasteiger partial charge in [0.15, 0.2) is 0 Å². The number of nitrogens with zero attached hydrogens (tertiary/aromatic N) is 1. The molecule has 1 aliphatic rings. The van der Waals surface area contributed by atoms with Gasteiger partial charge in [0.2, 0.25) is 0 Å². The summed E-state index contributed by atoms with van der Waals surface area (Å²) in [6.45, 7) is 5.71. The van der Waals surface area contributed by atoms with Crippen LogP contribution in [0.1, 0.15) is 31.2 Å². The van der Waals surface area contributed by atoms with Crippen molar-refractivity contribution < 1.29 is 14.4 Å². The molecule has 0 aliphatic heterocycles. The summed E-state index contributed by atoms with van der Waals surface area (Å²) >= 11 is 0. The number of carboxylic acids is 1. The molecule has 0 unspecified atom stereocenters. The number of aryl methyl sites for hydroxylation is 1. The molecule has 14 heavy (non-hydrogen) atoms. The first kappa shape index (κ1) is 9.24. The Bertz CT molecular complexity index is 380. The highest BCUT2D eigenvalue weighted by atomic mass is 16.5. The molecule has 0 aromatic carbocycles. The molecule has 0 bridgehead atoms. The SMILES string of the molecule is Cc1cc([C@@H]2[C@@H](C(=O)O)C2(C)C)on1. The Kier molecular flexibility index (Phi) is 1.71. The van der Waals surface area contributed by atoms with Crippen molar-refractivity contribution in [2.45, 2.75) is 26.7 Å². The molecular weight excluding hydrogens is 182 g/mol. The smallest absolute Gasteiger partial charge is 0.307 e. The van der Waals surface area contributed by atoms with E-state index >= 15 is 0 Å². The molecule has 4 nitrogen and oxygen atoms in total. The second-order valence-corrected chi connectivity index (χ2v) is 4.49. The van der Waals surface area contributed by atoms with Gasteiger partial charge in [0.1, 0.15) is 5.76 Å². The summed E-state index contributed by atoms with van der Waals surface area (Å²) in [5, 5.41) is 12.7. The van der Waals surface area contributed by atoms with E-state index in [0.29, 0.717) is 5.76 Å². The van der Waals surface area contributed by atoms with E-state index in [-0.39, 0.29) is 17.3 Å². The molecule has 2 rings (SSSR count). The predicted molar refractivity (Wildman–Crippen MR) is 48.9 cm³/mol. The number of hydrogen-bond donors (Lipinski definition) is 1. The number of rotatable bonds is 2. The van der Waals surface area contributed by atoms with E-state index in [1.165, 1.54) is 0 Å². The number of carboxylic acid groups (broad SMARTS) is 1. The summed E-state index contributed by atoms with van der Waals surface area (Å²) in [6, 6.07) is 1.81. The van der Waals surface area contributed by atoms with Gasteiger partial charge in [-0.2, -0.15) is 0 Å². The van der Waals surface area contributed by atoms with Gasteiger partial charge in [-0.05, 0) is 12.3 Å². The normalized spacial score (nSPS) is 28.8. The highest BCUT2D eigenvalue weighted by molar-refractivity contribution is 5.77. The van der Waals surface area contributed by atoms with E-state index < -0.39 is 5.97 Å². The Morgan fingerprint density at radius 2 is 2.29 bits per heavy atom. The summed E-state index contributed by atoms with van der Waals surface area (Å²) in [4.78, 5) is 10.9. The molecule has 2 atom stereocenters. The van der Waals surface area contributed by atoms with E-state index in [1.807, 2.05) is 26.8 Å². The average molecular weight is 195 g/mol. The van der Waals surface area contributed by atoms with Gasteiger partial charge in [-0.15, -0.1) is 0 Å². The third-order valence-corrected chi connectivity index (χ3v) is 3.05. The number of hydrogen-bond acceptors (Lipinski definition) is 3. The van der Waals surface area contributed by atoms with Gasteiger partial charge >= 0.3 is 5.97 Å². The second kappa shape index (κ2) is 2.59. The fourth-order valence-corrected chi connectivity index (χ4v) is 2.16. The van der Waals surface area contributed by atoms with Crippen LogP contribution in [0, 0.1) is 18.3 Å². The molecule has 1 aromatic rings. The lowest BCUT2D eigenvalue weighted by atomic mass is 10.1. The highest BCUT2D eigenvalue weighted by Gasteiger charge is 2.64. The Labute approximate surface area is 81.9 Å². The maximum Gasteiger partial charge on any atom is 0.307 e. The van der Waals surface area contributed by atoms with Crippen molar-refractivity contribution in [2.24, 2.45) is 11.3 Å². The third-order valence-electron chi connectivity index (χ3n) is 3.05. The quantitative estimate of drug-likeness (QED) is 0.781. The molecule has 1 N–H and O–H groups in total. The van der Waals surface area contributed by atoms with Crippen molar-refractivity contribution in [3.8, 4) is 0 Å². The van der Waals surface area contributed by atoms with Crippen LogP contribution in [-0.4, -0.2) is 16.2 Å². The third kappa shape index (κ3) is 1.14. The number of aromatic nitrogens is 1. The summed E-state index contributed by atoms with van der Waals surface area (Å²) < 4.78 is 5.09. The minimum atomic E-state index is -0.756. The first-order chi connectivity index (χ1) is 6.44. The van der Waals surface area contributed by atoms with Crippen molar-refractivity contribution in [2.75, 3.05) is 0 Å². The minimum absolute atomic E-state index is 0.0267. The molecule has 4 heteroatoms. The van der Waals surface area contributed by atoms with Crippen LogP contribution in [0.3, 0.4) is 0 Å².